The van der Waals surface area contributed by atoms with Crippen LogP contribution >= 0.6 is 0 Å². The maximum Gasteiger partial charge on any atom is 0.270 e. The topological polar surface area (TPSA) is 72.8 Å². The Morgan fingerprint density at radius 3 is 2.17 bits per heavy atom. The van der Waals surface area contributed by atoms with Crippen molar-refractivity contribution in [3.05, 3.63) is 66.0 Å². The molecule has 2 aromatic carbocycles. The van der Waals surface area contributed by atoms with Crippen LogP contribution in [0.3, 0.4) is 0 Å². The van der Waals surface area contributed by atoms with Crippen molar-refractivity contribution < 1.29 is 30.0 Å². The van der Waals surface area contributed by atoms with Crippen LogP contribution in [0.4, 0.5) is 13.2 Å². The minimum absolute atomic E-state index is 0.0252. The zero-order chi connectivity index (χ0) is 17.7. The third-order valence-electron chi connectivity index (χ3n) is 2.59. The quantitative estimate of drug-likeness (QED) is 0.742. The molecule has 0 atom stereocenters. The molecule has 0 heterocycles. The lowest BCUT2D eigenvalue weighted by atomic mass is 10.2. The molecule has 128 valence electrons. The van der Waals surface area contributed by atoms with Crippen LogP contribution in [0.25, 0.3) is 6.08 Å². The van der Waals surface area contributed by atoms with Crippen LogP contribution in [0.15, 0.2) is 63.3 Å². The van der Waals surface area contributed by atoms with Gasteiger partial charge in [-0.1, -0.05) is 12.1 Å². The van der Waals surface area contributed by atoms with Gasteiger partial charge < -0.3 is 8.39 Å². The van der Waals surface area contributed by atoms with E-state index in [-0.39, 0.29) is 16.2 Å². The van der Waals surface area contributed by atoms with Crippen LogP contribution in [0.2, 0.25) is 0 Å². The molecule has 5 nitrogen and oxygen atoms in total. The molecule has 0 fully saturated rings. The monoisotopic (exact) mass is 376 g/mol. The molecule has 0 aliphatic rings. The van der Waals surface area contributed by atoms with Gasteiger partial charge in [0, 0.05) is 17.0 Å². The van der Waals surface area contributed by atoms with E-state index in [2.05, 4.69) is 3.77 Å². The Kier molecular flexibility index (Phi) is 5.62. The molecule has 2 rings (SSSR count). The lowest BCUT2D eigenvalue weighted by molar-refractivity contribution is 0.429. The third kappa shape index (κ3) is 5.10. The van der Waals surface area contributed by atoms with E-state index in [4.69, 9.17) is 4.18 Å². The first-order chi connectivity index (χ1) is 11.3. The van der Waals surface area contributed by atoms with Crippen molar-refractivity contribution in [2.24, 2.45) is 3.77 Å². The molecule has 0 radical (unpaired) electrons. The fourth-order valence-electron chi connectivity index (χ4n) is 1.57. The highest BCUT2D eigenvalue weighted by molar-refractivity contribution is 7.95. The Balaban J connectivity index is 2.18. The first-order valence-corrected chi connectivity index (χ1v) is 8.70. The van der Waals surface area contributed by atoms with Crippen molar-refractivity contribution in [2.75, 3.05) is 0 Å². The zero-order valence-corrected chi connectivity index (χ0v) is 13.4. The molecule has 0 saturated carbocycles. The molecule has 0 amide bonds. The molecule has 24 heavy (non-hydrogen) atoms. The van der Waals surface area contributed by atoms with E-state index >= 15 is 0 Å². The Bertz CT molecular complexity index is 929. The van der Waals surface area contributed by atoms with E-state index in [0.29, 0.717) is 6.08 Å². The van der Waals surface area contributed by atoms with E-state index in [1.165, 1.54) is 24.3 Å². The predicted octanol–water partition coefficient (Wildman–Crippen LogP) is 3.89. The van der Waals surface area contributed by atoms with Crippen molar-refractivity contribution in [2.45, 2.75) is 4.90 Å². The molecule has 0 N–H and O–H groups in total. The summed E-state index contributed by atoms with van der Waals surface area (Å²) in [7, 11) is -6.88. The van der Waals surface area contributed by atoms with Crippen LogP contribution in [0, 0.1) is 5.82 Å². The highest BCUT2D eigenvalue weighted by Crippen LogP contribution is 2.17. The predicted molar refractivity (Wildman–Crippen MR) is 81.3 cm³/mol. The molecule has 0 aliphatic heterocycles. The lowest BCUT2D eigenvalue weighted by Crippen LogP contribution is -2.00. The summed E-state index contributed by atoms with van der Waals surface area (Å²) in [6.45, 7) is 0. The minimum Gasteiger partial charge on any atom is -0.546 e. The van der Waals surface area contributed by atoms with Gasteiger partial charge in [-0.25, -0.2) is 16.6 Å². The second-order valence-electron chi connectivity index (χ2n) is 4.31. The number of benzene rings is 2. The average Bonchev–Trinajstić information content (AvgIpc) is 2.48. The van der Waals surface area contributed by atoms with Crippen LogP contribution in [0.1, 0.15) is 5.56 Å². The van der Waals surface area contributed by atoms with Gasteiger partial charge in [-0.05, 0) is 42.0 Å². The molecule has 0 aliphatic carbocycles. The summed E-state index contributed by atoms with van der Waals surface area (Å²) in [5.41, 5.74) is 0.184. The maximum absolute atomic E-state index is 12.8. The van der Waals surface area contributed by atoms with Crippen molar-refractivity contribution in [1.82, 2.24) is 0 Å². The first kappa shape index (κ1) is 18.0. The molecule has 0 unspecified atom stereocenters. The van der Waals surface area contributed by atoms with Crippen LogP contribution in [0.5, 0.6) is 5.75 Å². The van der Waals surface area contributed by atoms with Gasteiger partial charge >= 0.3 is 0 Å². The highest BCUT2D eigenvalue weighted by Gasteiger charge is 2.09. The van der Waals surface area contributed by atoms with E-state index in [1.807, 2.05) is 0 Å². The summed E-state index contributed by atoms with van der Waals surface area (Å²) in [6, 6.07) is 8.76. The SMILES string of the molecule is O=[S-](=N\S(=O)(=O)c1ccc(F)cc1)/Oc1ccc(C=C(F)F)cc1. The number of hydrogen-bond donors (Lipinski definition) is 0. The summed E-state index contributed by atoms with van der Waals surface area (Å²) < 4.78 is 80.2. The zero-order valence-electron chi connectivity index (χ0n) is 11.7. The lowest BCUT2D eigenvalue weighted by Gasteiger charge is -2.10. The number of rotatable bonds is 5. The summed E-state index contributed by atoms with van der Waals surface area (Å²) in [5.74, 6) is -0.659. The number of halogens is 3. The largest absolute Gasteiger partial charge is 0.546 e. The Hall–Kier alpha value is -2.33. The van der Waals surface area contributed by atoms with Gasteiger partial charge in [0.1, 0.15) is 11.6 Å². The summed E-state index contributed by atoms with van der Waals surface area (Å²) in [4.78, 5) is -0.347. The third-order valence-corrected chi connectivity index (χ3v) is 5.07. The summed E-state index contributed by atoms with van der Waals surface area (Å²) in [6.07, 6.45) is -1.27. The number of nitrogens with zero attached hydrogens (tertiary/aromatic N) is 1. The van der Waals surface area contributed by atoms with Crippen molar-refractivity contribution in [3.8, 4) is 5.75 Å². The van der Waals surface area contributed by atoms with Crippen LogP contribution in [-0.4, -0.2) is 8.42 Å². The summed E-state index contributed by atoms with van der Waals surface area (Å²) in [5, 5.41) is 0. The minimum atomic E-state index is -4.30. The molecular weight excluding hydrogens is 367 g/mol. The first-order valence-electron chi connectivity index (χ1n) is 6.23. The number of hydrogen-bond acceptors (Lipinski definition) is 5. The molecule has 0 spiro atoms. The van der Waals surface area contributed by atoms with Crippen molar-refractivity contribution >= 4 is 27.0 Å². The van der Waals surface area contributed by atoms with Gasteiger partial charge in [-0.3, -0.25) is 0 Å². The van der Waals surface area contributed by atoms with Crippen molar-refractivity contribution in [3.63, 3.8) is 0 Å². The Morgan fingerprint density at radius 2 is 1.62 bits per heavy atom. The molecule has 0 bridgehead atoms. The van der Waals surface area contributed by atoms with Gasteiger partial charge in [-0.15, -0.1) is 0 Å². The second kappa shape index (κ2) is 7.49. The van der Waals surface area contributed by atoms with E-state index in [0.717, 1.165) is 24.3 Å². The van der Waals surface area contributed by atoms with Gasteiger partial charge in [-0.2, -0.15) is 8.78 Å². The van der Waals surface area contributed by atoms with Gasteiger partial charge in [0.25, 0.3) is 16.1 Å². The normalized spacial score (nSPS) is 12.6. The van der Waals surface area contributed by atoms with E-state index < -0.39 is 32.8 Å². The molecule has 10 heteroatoms. The maximum atomic E-state index is 12.8. The molecule has 0 aromatic heterocycles. The highest BCUT2D eigenvalue weighted by atomic mass is 32.3. The Morgan fingerprint density at radius 1 is 1.04 bits per heavy atom. The fraction of sp³-hybridized carbons (Fsp3) is 0. The standard InChI is InChI=1S/C14H9F3NO4S2/c15-11-3-7-13(8-4-11)24(20,21)18-23(19)22-12-5-1-10(2-6-12)9-14(16)17/h1-9H/q-1. The van der Waals surface area contributed by atoms with E-state index in [9.17, 15) is 25.8 Å². The number of sulfonamides is 1. The van der Waals surface area contributed by atoms with Gasteiger partial charge in [0.15, 0.2) is 0 Å². The molecule has 2 aromatic rings. The fourth-order valence-corrected chi connectivity index (χ4v) is 3.44. The second-order valence-corrected chi connectivity index (χ2v) is 6.93. The molecule has 0 saturated heterocycles. The Labute approximate surface area is 137 Å². The molecular formula is C14H9F3NO4S2-. The van der Waals surface area contributed by atoms with Gasteiger partial charge in [0.2, 0.25) is 0 Å². The van der Waals surface area contributed by atoms with Crippen LogP contribution < -0.4 is 4.18 Å². The average molecular weight is 376 g/mol. The van der Waals surface area contributed by atoms with E-state index in [1.54, 1.807) is 0 Å². The smallest absolute Gasteiger partial charge is 0.270 e. The van der Waals surface area contributed by atoms with Crippen LogP contribution in [-0.2, 0) is 25.1 Å². The van der Waals surface area contributed by atoms with Gasteiger partial charge in [0.05, 0.1) is 4.90 Å². The summed E-state index contributed by atoms with van der Waals surface area (Å²) >= 11 is 0. The van der Waals surface area contributed by atoms with Crippen molar-refractivity contribution in [1.29, 1.82) is 0 Å².